The fourth-order valence-corrected chi connectivity index (χ4v) is 3.73. The van der Waals surface area contributed by atoms with Crippen molar-refractivity contribution in [1.82, 2.24) is 14.9 Å². The molecule has 0 fully saturated rings. The van der Waals surface area contributed by atoms with Crippen molar-refractivity contribution in [1.29, 1.82) is 0 Å². The molecule has 4 rings (SSSR count). The number of anilines is 1. The summed E-state index contributed by atoms with van der Waals surface area (Å²) in [6, 6.07) is 6.34. The Morgan fingerprint density at radius 1 is 1.16 bits per heavy atom. The van der Waals surface area contributed by atoms with Crippen molar-refractivity contribution in [3.8, 4) is 0 Å². The first-order valence-corrected chi connectivity index (χ1v) is 10.3. The van der Waals surface area contributed by atoms with Gasteiger partial charge in [0, 0.05) is 37.0 Å². The van der Waals surface area contributed by atoms with Crippen LogP contribution in [0.15, 0.2) is 42.6 Å². The number of ether oxygens (including phenoxy) is 1. The second-order valence-electron chi connectivity index (χ2n) is 7.97. The van der Waals surface area contributed by atoms with Crippen LogP contribution in [0, 0.1) is 11.6 Å². The number of halogens is 2. The molecular weight excluding hydrogens is 414 g/mol. The Bertz CT molecular complexity index is 1190. The van der Waals surface area contributed by atoms with Crippen LogP contribution in [0.3, 0.4) is 0 Å². The van der Waals surface area contributed by atoms with Gasteiger partial charge in [-0.1, -0.05) is 6.08 Å². The summed E-state index contributed by atoms with van der Waals surface area (Å²) in [5.41, 5.74) is 4.47. The number of amides is 1. The zero-order valence-corrected chi connectivity index (χ0v) is 18.2. The molecule has 1 aromatic heterocycles. The van der Waals surface area contributed by atoms with E-state index < -0.39 is 17.7 Å². The third kappa shape index (κ3) is 4.60. The highest BCUT2D eigenvalue weighted by atomic mass is 19.1. The van der Waals surface area contributed by atoms with Crippen molar-refractivity contribution in [2.75, 3.05) is 32.6 Å². The van der Waals surface area contributed by atoms with Crippen molar-refractivity contribution in [3.05, 3.63) is 71.1 Å². The predicted octanol–water partition coefficient (Wildman–Crippen LogP) is 4.59. The van der Waals surface area contributed by atoms with Gasteiger partial charge in [-0.15, -0.1) is 0 Å². The van der Waals surface area contributed by atoms with Crippen LogP contribution in [0.2, 0.25) is 0 Å². The van der Waals surface area contributed by atoms with Gasteiger partial charge in [-0.2, -0.15) is 0 Å². The molecule has 1 unspecified atom stereocenters. The van der Waals surface area contributed by atoms with Gasteiger partial charge in [-0.3, -0.25) is 9.78 Å². The average molecular weight is 438 g/mol. The molecule has 0 saturated heterocycles. The number of carbonyl (C=O) groups excluding carboxylic acids is 1. The lowest BCUT2D eigenvalue weighted by Crippen LogP contribution is -2.22. The number of nitrogens with zero attached hydrogens (tertiary/aromatic N) is 3. The van der Waals surface area contributed by atoms with E-state index in [0.717, 1.165) is 23.8 Å². The number of carbonyl (C=O) groups is 1. The van der Waals surface area contributed by atoms with E-state index in [2.05, 4.69) is 10.3 Å². The average Bonchev–Trinajstić information content (AvgIpc) is 2.77. The Balaban J connectivity index is 1.81. The molecule has 1 amide bonds. The number of nitrogens with one attached hydrogen (secondary N) is 1. The maximum atomic E-state index is 13.7. The van der Waals surface area contributed by atoms with Gasteiger partial charge in [0.1, 0.15) is 11.6 Å². The minimum absolute atomic E-state index is 0.171. The summed E-state index contributed by atoms with van der Waals surface area (Å²) >= 11 is 0. The molecule has 32 heavy (non-hydrogen) atoms. The third-order valence-corrected chi connectivity index (χ3v) is 5.34. The van der Waals surface area contributed by atoms with Crippen LogP contribution in [0.25, 0.3) is 16.6 Å². The fraction of sp³-hybridized carbons (Fsp3) is 0.292. The van der Waals surface area contributed by atoms with Crippen LogP contribution >= 0.6 is 0 Å². The monoisotopic (exact) mass is 438 g/mol. The molecule has 6 nitrogen and oxygen atoms in total. The van der Waals surface area contributed by atoms with Crippen LogP contribution in [0.1, 0.15) is 41.0 Å². The first kappa shape index (κ1) is 21.8. The van der Waals surface area contributed by atoms with Gasteiger partial charge in [-0.25, -0.2) is 13.8 Å². The lowest BCUT2D eigenvalue weighted by molar-refractivity contribution is 0.0827. The Labute approximate surface area is 184 Å². The normalized spacial score (nSPS) is 14.7. The Hall–Kier alpha value is -3.39. The van der Waals surface area contributed by atoms with E-state index in [1.54, 1.807) is 32.4 Å². The van der Waals surface area contributed by atoms with E-state index in [0.29, 0.717) is 41.1 Å². The van der Waals surface area contributed by atoms with E-state index in [1.165, 1.54) is 17.0 Å². The molecule has 1 aliphatic rings. The third-order valence-electron chi connectivity index (χ3n) is 5.34. The molecule has 1 N–H and O–H groups in total. The second kappa shape index (κ2) is 9.00. The molecule has 0 spiro atoms. The molecule has 2 aromatic carbocycles. The minimum atomic E-state index is -0.672. The molecule has 8 heteroatoms. The highest BCUT2D eigenvalue weighted by molar-refractivity contribution is 5.98. The predicted molar refractivity (Wildman–Crippen MR) is 119 cm³/mol. The Morgan fingerprint density at radius 3 is 2.56 bits per heavy atom. The SMILES string of the molecule is CC(Nc1cc(F)cc(F)c1)c1cc(C(=O)N(C)C)cc2ncc(C3=CCOCC3)nc12. The van der Waals surface area contributed by atoms with Gasteiger partial charge in [0.2, 0.25) is 0 Å². The molecule has 3 aromatic rings. The van der Waals surface area contributed by atoms with Gasteiger partial charge < -0.3 is 15.0 Å². The fourth-order valence-electron chi connectivity index (χ4n) is 3.73. The number of rotatable bonds is 5. The number of hydrogen-bond acceptors (Lipinski definition) is 5. The van der Waals surface area contributed by atoms with Gasteiger partial charge in [-0.05, 0) is 43.2 Å². The molecule has 1 aliphatic heterocycles. The van der Waals surface area contributed by atoms with Gasteiger partial charge in [0.15, 0.2) is 0 Å². The van der Waals surface area contributed by atoms with Crippen LogP contribution in [0.5, 0.6) is 0 Å². The van der Waals surface area contributed by atoms with Crippen molar-refractivity contribution in [2.24, 2.45) is 0 Å². The summed E-state index contributed by atoms with van der Waals surface area (Å²) in [6.07, 6.45) is 4.43. The lowest BCUT2D eigenvalue weighted by atomic mass is 10.0. The standard InChI is InChI=1S/C24H24F2N4O2/c1-14(28-19-11-17(25)10-18(26)12-19)20-8-16(24(31)30(2)3)9-21-23(20)29-22(13-27-21)15-4-6-32-7-5-15/h4,8-14,28H,5-7H2,1-3H3. The molecular formula is C24H24F2N4O2. The molecule has 0 radical (unpaired) electrons. The molecule has 166 valence electrons. The van der Waals surface area contributed by atoms with E-state index in [-0.39, 0.29) is 5.91 Å². The van der Waals surface area contributed by atoms with Crippen LogP contribution in [-0.2, 0) is 4.74 Å². The highest BCUT2D eigenvalue weighted by Crippen LogP contribution is 2.29. The number of fused-ring (bicyclic) bond motifs is 1. The van der Waals surface area contributed by atoms with Crippen molar-refractivity contribution in [3.63, 3.8) is 0 Å². The summed E-state index contributed by atoms with van der Waals surface area (Å²) in [5.74, 6) is -1.51. The molecule has 0 aliphatic carbocycles. The summed E-state index contributed by atoms with van der Waals surface area (Å²) in [4.78, 5) is 23.6. The first-order valence-electron chi connectivity index (χ1n) is 10.3. The quantitative estimate of drug-likeness (QED) is 0.631. The number of aromatic nitrogens is 2. The van der Waals surface area contributed by atoms with Crippen molar-refractivity contribution < 1.29 is 18.3 Å². The minimum Gasteiger partial charge on any atom is -0.378 e. The first-order chi connectivity index (χ1) is 15.3. The summed E-state index contributed by atoms with van der Waals surface area (Å²) in [5, 5.41) is 3.12. The smallest absolute Gasteiger partial charge is 0.253 e. The van der Waals surface area contributed by atoms with E-state index in [1.807, 2.05) is 13.0 Å². The van der Waals surface area contributed by atoms with Crippen LogP contribution < -0.4 is 5.32 Å². The van der Waals surface area contributed by atoms with Gasteiger partial charge in [0.25, 0.3) is 5.91 Å². The second-order valence-corrected chi connectivity index (χ2v) is 7.97. The van der Waals surface area contributed by atoms with E-state index in [9.17, 15) is 13.6 Å². The Kier molecular flexibility index (Phi) is 6.14. The van der Waals surface area contributed by atoms with Crippen LogP contribution in [-0.4, -0.2) is 48.1 Å². The maximum absolute atomic E-state index is 13.7. The number of hydrogen-bond donors (Lipinski definition) is 1. The largest absolute Gasteiger partial charge is 0.378 e. The van der Waals surface area contributed by atoms with E-state index >= 15 is 0 Å². The van der Waals surface area contributed by atoms with Crippen molar-refractivity contribution in [2.45, 2.75) is 19.4 Å². The number of benzene rings is 2. The van der Waals surface area contributed by atoms with Gasteiger partial charge in [0.05, 0.1) is 42.2 Å². The molecule has 0 saturated carbocycles. The Morgan fingerprint density at radius 2 is 1.91 bits per heavy atom. The van der Waals surface area contributed by atoms with Gasteiger partial charge >= 0.3 is 0 Å². The topological polar surface area (TPSA) is 67.4 Å². The summed E-state index contributed by atoms with van der Waals surface area (Å²) in [7, 11) is 3.35. The summed E-state index contributed by atoms with van der Waals surface area (Å²) in [6.45, 7) is 3.00. The lowest BCUT2D eigenvalue weighted by Gasteiger charge is -2.20. The molecule has 0 bridgehead atoms. The van der Waals surface area contributed by atoms with Crippen molar-refractivity contribution >= 4 is 28.2 Å². The highest BCUT2D eigenvalue weighted by Gasteiger charge is 2.19. The van der Waals surface area contributed by atoms with Crippen LogP contribution in [0.4, 0.5) is 14.5 Å². The van der Waals surface area contributed by atoms with E-state index in [4.69, 9.17) is 9.72 Å². The zero-order valence-electron chi connectivity index (χ0n) is 18.2. The maximum Gasteiger partial charge on any atom is 0.253 e. The zero-order chi connectivity index (χ0) is 22.8. The summed E-state index contributed by atoms with van der Waals surface area (Å²) < 4.78 is 32.7. The molecule has 1 atom stereocenters. The molecule has 2 heterocycles.